The number of halogens is 2. The van der Waals surface area contributed by atoms with Crippen LogP contribution in [0.3, 0.4) is 0 Å². The van der Waals surface area contributed by atoms with E-state index in [4.69, 9.17) is 11.6 Å². The Balaban J connectivity index is 1.85. The molecule has 2 N–H and O–H groups in total. The molecule has 0 saturated carbocycles. The topological polar surface area (TPSA) is 49.3 Å². The Hall–Kier alpha value is -2.17. The molecule has 1 amide bonds. The first-order valence-corrected chi connectivity index (χ1v) is 7.16. The number of benzene rings is 2. The second kappa shape index (κ2) is 5.91. The second-order valence-electron chi connectivity index (χ2n) is 5.10. The minimum absolute atomic E-state index is 0.0682. The third kappa shape index (κ3) is 2.89. The zero-order valence-electron chi connectivity index (χ0n) is 11.5. The molecule has 2 aromatic carbocycles. The van der Waals surface area contributed by atoms with Crippen LogP contribution in [0, 0.1) is 5.82 Å². The number of hydrogen-bond acceptors (Lipinski definition) is 2. The van der Waals surface area contributed by atoms with E-state index in [2.05, 4.69) is 5.32 Å². The number of aliphatic hydroxyl groups excluding tert-OH is 1. The van der Waals surface area contributed by atoms with Gasteiger partial charge in [0.2, 0.25) is 0 Å². The predicted molar refractivity (Wildman–Crippen MR) is 84.2 cm³/mol. The maximum absolute atomic E-state index is 13.1. The lowest BCUT2D eigenvalue weighted by Gasteiger charge is -2.21. The highest BCUT2D eigenvalue weighted by Crippen LogP contribution is 2.26. The number of carbonyl (C=O) groups is 1. The van der Waals surface area contributed by atoms with Gasteiger partial charge in [0, 0.05) is 17.7 Å². The summed E-state index contributed by atoms with van der Waals surface area (Å²) in [5.74, 6) is -0.977. The minimum atomic E-state index is -0.870. The van der Waals surface area contributed by atoms with Gasteiger partial charge in [-0.3, -0.25) is 4.79 Å². The molecule has 0 aliphatic heterocycles. The van der Waals surface area contributed by atoms with Crippen LogP contribution >= 0.6 is 11.6 Å². The molecule has 0 radical (unpaired) electrons. The largest absolute Gasteiger partial charge is 0.388 e. The molecule has 5 heteroatoms. The van der Waals surface area contributed by atoms with Crippen molar-refractivity contribution in [3.05, 3.63) is 70.0 Å². The molecule has 3 rings (SSSR count). The maximum atomic E-state index is 13.1. The van der Waals surface area contributed by atoms with Crippen LogP contribution in [-0.4, -0.2) is 17.1 Å². The Bertz CT molecular complexity index is 773. The Kier molecular flexibility index (Phi) is 3.96. The van der Waals surface area contributed by atoms with Gasteiger partial charge in [0.05, 0.1) is 11.1 Å². The van der Waals surface area contributed by atoms with Gasteiger partial charge in [-0.25, -0.2) is 4.39 Å². The summed E-state index contributed by atoms with van der Waals surface area (Å²) in [6.45, 7) is 0. The fraction of sp³-hybridized carbons (Fsp3) is 0.118. The van der Waals surface area contributed by atoms with E-state index in [1.54, 1.807) is 6.08 Å². The first-order chi connectivity index (χ1) is 10.5. The van der Waals surface area contributed by atoms with Gasteiger partial charge in [0.25, 0.3) is 5.91 Å². The highest BCUT2D eigenvalue weighted by molar-refractivity contribution is 6.31. The average Bonchev–Trinajstić information content (AvgIpc) is 2.50. The molecule has 1 unspecified atom stereocenters. The van der Waals surface area contributed by atoms with Crippen molar-refractivity contribution in [3.8, 4) is 0 Å². The van der Waals surface area contributed by atoms with Crippen LogP contribution in [0.25, 0.3) is 6.08 Å². The van der Waals surface area contributed by atoms with Gasteiger partial charge >= 0.3 is 0 Å². The Morgan fingerprint density at radius 2 is 2.05 bits per heavy atom. The maximum Gasteiger partial charge on any atom is 0.254 e. The van der Waals surface area contributed by atoms with Crippen molar-refractivity contribution in [1.29, 1.82) is 0 Å². The summed E-state index contributed by atoms with van der Waals surface area (Å²) < 4.78 is 13.1. The average molecular weight is 318 g/mol. The molecule has 112 valence electrons. The van der Waals surface area contributed by atoms with E-state index in [0.717, 1.165) is 11.1 Å². The zero-order chi connectivity index (χ0) is 15.7. The van der Waals surface area contributed by atoms with Crippen molar-refractivity contribution < 1.29 is 14.3 Å². The fourth-order valence-electron chi connectivity index (χ4n) is 2.44. The molecule has 1 aliphatic rings. The molecule has 1 aliphatic carbocycles. The lowest BCUT2D eigenvalue weighted by atomic mass is 9.89. The van der Waals surface area contributed by atoms with Gasteiger partial charge in [-0.2, -0.15) is 0 Å². The molecule has 0 fully saturated rings. The lowest BCUT2D eigenvalue weighted by Crippen LogP contribution is -2.27. The number of carbonyl (C=O) groups excluding carboxylic acids is 1. The number of anilines is 1. The summed E-state index contributed by atoms with van der Waals surface area (Å²) in [5.41, 5.74) is 2.56. The first-order valence-electron chi connectivity index (χ1n) is 6.78. The zero-order valence-corrected chi connectivity index (χ0v) is 12.3. The Morgan fingerprint density at radius 1 is 1.27 bits per heavy atom. The molecule has 0 spiro atoms. The van der Waals surface area contributed by atoms with Crippen molar-refractivity contribution in [3.63, 3.8) is 0 Å². The highest BCUT2D eigenvalue weighted by atomic mass is 35.5. The smallest absolute Gasteiger partial charge is 0.254 e. The number of aliphatic hydroxyl groups is 1. The normalized spacial score (nSPS) is 16.7. The molecule has 0 saturated heterocycles. The number of nitrogens with one attached hydrogen (secondary N) is 1. The van der Waals surface area contributed by atoms with Crippen LogP contribution in [0.2, 0.25) is 5.02 Å². The monoisotopic (exact) mass is 317 g/mol. The summed E-state index contributed by atoms with van der Waals surface area (Å²) in [6, 6.07) is 11.5. The van der Waals surface area contributed by atoms with Gasteiger partial charge in [0.1, 0.15) is 5.82 Å². The standard InChI is InChI=1S/C17H13ClFNO2/c18-14-9-12(5-6-15(14)19)20-17(22)13-7-10-3-1-2-4-11(10)8-16(13)21/h1-7,9,16,21H,8H2,(H,20,22). The SMILES string of the molecule is O=C(Nc1ccc(F)c(Cl)c1)C1=Cc2ccccc2CC1O. The van der Waals surface area contributed by atoms with E-state index >= 15 is 0 Å². The predicted octanol–water partition coefficient (Wildman–Crippen LogP) is 3.42. The van der Waals surface area contributed by atoms with E-state index in [9.17, 15) is 14.3 Å². The number of hydrogen-bond donors (Lipinski definition) is 2. The number of rotatable bonds is 2. The quantitative estimate of drug-likeness (QED) is 0.891. The van der Waals surface area contributed by atoms with Gasteiger partial charge in [0.15, 0.2) is 0 Å². The molecule has 0 bridgehead atoms. The Labute approximate surface area is 132 Å². The Morgan fingerprint density at radius 3 is 2.82 bits per heavy atom. The van der Waals surface area contributed by atoms with Crippen LogP contribution in [0.5, 0.6) is 0 Å². The molecular formula is C17H13ClFNO2. The van der Waals surface area contributed by atoms with Crippen LogP contribution < -0.4 is 5.32 Å². The van der Waals surface area contributed by atoms with Gasteiger partial charge in [-0.05, 0) is 35.4 Å². The molecule has 0 heterocycles. The third-order valence-electron chi connectivity index (χ3n) is 3.58. The molecular weight excluding hydrogens is 305 g/mol. The van der Waals surface area contributed by atoms with Gasteiger partial charge in [-0.1, -0.05) is 35.9 Å². The van der Waals surface area contributed by atoms with Crippen molar-refractivity contribution in [2.45, 2.75) is 12.5 Å². The second-order valence-corrected chi connectivity index (χ2v) is 5.51. The van der Waals surface area contributed by atoms with Gasteiger partial charge < -0.3 is 10.4 Å². The van der Waals surface area contributed by atoms with Crippen LogP contribution in [0.15, 0.2) is 48.0 Å². The van der Waals surface area contributed by atoms with Crippen molar-refractivity contribution in [1.82, 2.24) is 0 Å². The van der Waals surface area contributed by atoms with E-state index < -0.39 is 17.8 Å². The summed E-state index contributed by atoms with van der Waals surface area (Å²) in [5, 5.41) is 12.7. The molecule has 2 aromatic rings. The van der Waals surface area contributed by atoms with E-state index in [1.807, 2.05) is 24.3 Å². The molecule has 1 atom stereocenters. The van der Waals surface area contributed by atoms with Crippen molar-refractivity contribution >= 4 is 29.3 Å². The highest BCUT2D eigenvalue weighted by Gasteiger charge is 2.24. The third-order valence-corrected chi connectivity index (χ3v) is 3.87. The summed E-state index contributed by atoms with van der Waals surface area (Å²) in [6.07, 6.45) is 1.19. The first kappa shape index (κ1) is 14.8. The number of fused-ring (bicyclic) bond motifs is 1. The van der Waals surface area contributed by atoms with Crippen molar-refractivity contribution in [2.75, 3.05) is 5.32 Å². The minimum Gasteiger partial charge on any atom is -0.388 e. The van der Waals surface area contributed by atoms with E-state index in [-0.39, 0.29) is 10.6 Å². The van der Waals surface area contributed by atoms with Crippen molar-refractivity contribution in [2.24, 2.45) is 0 Å². The molecule has 3 nitrogen and oxygen atoms in total. The van der Waals surface area contributed by atoms with Crippen LogP contribution in [0.1, 0.15) is 11.1 Å². The summed E-state index contributed by atoms with van der Waals surface area (Å²) in [4.78, 5) is 12.3. The van der Waals surface area contributed by atoms with Crippen LogP contribution in [0.4, 0.5) is 10.1 Å². The summed E-state index contributed by atoms with van der Waals surface area (Å²) in [7, 11) is 0. The number of amides is 1. The van der Waals surface area contributed by atoms with E-state index in [1.165, 1.54) is 18.2 Å². The summed E-state index contributed by atoms with van der Waals surface area (Å²) >= 11 is 5.69. The lowest BCUT2D eigenvalue weighted by molar-refractivity contribution is -0.113. The van der Waals surface area contributed by atoms with Crippen LogP contribution in [-0.2, 0) is 11.2 Å². The molecule has 22 heavy (non-hydrogen) atoms. The van der Waals surface area contributed by atoms with Gasteiger partial charge in [-0.15, -0.1) is 0 Å². The molecule has 0 aromatic heterocycles. The fourth-order valence-corrected chi connectivity index (χ4v) is 2.62. The van der Waals surface area contributed by atoms with E-state index in [0.29, 0.717) is 12.1 Å².